The summed E-state index contributed by atoms with van der Waals surface area (Å²) < 4.78 is 0. The summed E-state index contributed by atoms with van der Waals surface area (Å²) in [5.41, 5.74) is 0.219. The second kappa shape index (κ2) is 7.64. The standard InChI is InChI=1S/C8H18N.2ClH.Ti/c1-7(2,3)9-8(4,5)6;;;/h1-6H3;2*1H;/q-1;;;. The van der Waals surface area contributed by atoms with Crippen molar-refractivity contribution >= 4 is 24.8 Å². The van der Waals surface area contributed by atoms with E-state index >= 15 is 0 Å². The Morgan fingerprint density at radius 3 is 0.833 bits per heavy atom. The van der Waals surface area contributed by atoms with Crippen LogP contribution in [0.2, 0.25) is 0 Å². The Hall–Kier alpha value is 1.25. The first kappa shape index (κ1) is 23.2. The first-order chi connectivity index (χ1) is 3.71. The smallest absolute Gasteiger partial charge is 0 e. The molecule has 0 saturated heterocycles. The number of rotatable bonds is 0. The maximum atomic E-state index is 4.54. The topological polar surface area (TPSA) is 14.1 Å². The van der Waals surface area contributed by atoms with E-state index in [1.165, 1.54) is 0 Å². The minimum Gasteiger partial charge on any atom is -0.653 e. The van der Waals surface area contributed by atoms with Crippen LogP contribution in [0, 0.1) is 0 Å². The molecule has 0 aromatic carbocycles. The van der Waals surface area contributed by atoms with Crippen LogP contribution in [0.3, 0.4) is 0 Å². The predicted octanol–water partition coefficient (Wildman–Crippen LogP) is 3.80. The van der Waals surface area contributed by atoms with E-state index in [1.54, 1.807) is 0 Å². The predicted molar refractivity (Wildman–Crippen MR) is 57.4 cm³/mol. The molecule has 0 saturated carbocycles. The normalized spacial score (nSPS) is 10.5. The Balaban J connectivity index is -0.000000107. The van der Waals surface area contributed by atoms with Crippen molar-refractivity contribution in [2.75, 3.05) is 0 Å². The average molecular weight is 249 g/mol. The first-order valence-corrected chi connectivity index (χ1v) is 3.45. The Kier molecular flexibility index (Phi) is 14.8. The Morgan fingerprint density at radius 1 is 0.667 bits per heavy atom. The van der Waals surface area contributed by atoms with E-state index in [4.69, 9.17) is 0 Å². The number of halogens is 2. The molecule has 0 aliphatic heterocycles. The van der Waals surface area contributed by atoms with Crippen LogP contribution < -0.4 is 0 Å². The Labute approximate surface area is 104 Å². The maximum absolute atomic E-state index is 4.54. The molecule has 0 fully saturated rings. The third-order valence-corrected chi connectivity index (χ3v) is 0.671. The zero-order chi connectivity index (χ0) is 7.71. The van der Waals surface area contributed by atoms with Crippen molar-refractivity contribution in [1.29, 1.82) is 0 Å². The summed E-state index contributed by atoms with van der Waals surface area (Å²) in [5.74, 6) is 0. The number of nitrogens with zero attached hydrogens (tertiary/aromatic N) is 1. The number of hydrogen-bond acceptors (Lipinski definition) is 0. The molecule has 0 atom stereocenters. The van der Waals surface area contributed by atoms with Crippen molar-refractivity contribution in [1.82, 2.24) is 0 Å². The second-order valence-corrected chi connectivity index (χ2v) is 4.45. The van der Waals surface area contributed by atoms with E-state index in [2.05, 4.69) is 46.9 Å². The Bertz CT molecular complexity index is 82.2. The molecule has 0 amide bonds. The van der Waals surface area contributed by atoms with Crippen molar-refractivity contribution in [3.8, 4) is 0 Å². The van der Waals surface area contributed by atoms with Crippen LogP contribution in [0.15, 0.2) is 0 Å². The number of hydrogen-bond donors (Lipinski definition) is 0. The van der Waals surface area contributed by atoms with Gasteiger partial charge in [0.15, 0.2) is 0 Å². The van der Waals surface area contributed by atoms with Gasteiger partial charge in [0.1, 0.15) is 0 Å². The van der Waals surface area contributed by atoms with Crippen molar-refractivity contribution in [3.63, 3.8) is 0 Å². The molecular formula is C8H20Cl2NTi-. The van der Waals surface area contributed by atoms with Gasteiger partial charge >= 0.3 is 0 Å². The molecular weight excluding hydrogens is 229 g/mol. The quantitative estimate of drug-likeness (QED) is 0.580. The van der Waals surface area contributed by atoms with Crippen molar-refractivity contribution in [2.45, 2.75) is 52.6 Å². The zero-order valence-corrected chi connectivity index (χ0v) is 12.0. The van der Waals surface area contributed by atoms with Crippen LogP contribution in [0.25, 0.3) is 5.32 Å². The maximum Gasteiger partial charge on any atom is 0 e. The molecule has 4 heteroatoms. The van der Waals surface area contributed by atoms with Gasteiger partial charge in [0, 0.05) is 21.7 Å². The summed E-state index contributed by atoms with van der Waals surface area (Å²) in [6.45, 7) is 12.7. The summed E-state index contributed by atoms with van der Waals surface area (Å²) in [4.78, 5) is 0. The molecule has 0 aliphatic carbocycles. The van der Waals surface area contributed by atoms with Gasteiger partial charge in [-0.05, 0) is 0 Å². The van der Waals surface area contributed by atoms with Crippen LogP contribution in [-0.4, -0.2) is 11.1 Å². The van der Waals surface area contributed by atoms with E-state index < -0.39 is 0 Å². The van der Waals surface area contributed by atoms with Crippen molar-refractivity contribution < 1.29 is 21.7 Å². The van der Waals surface area contributed by atoms with Crippen molar-refractivity contribution in [2.24, 2.45) is 0 Å². The second-order valence-electron chi connectivity index (χ2n) is 4.45. The van der Waals surface area contributed by atoms with Gasteiger partial charge in [-0.15, -0.1) is 35.9 Å². The molecule has 0 unspecified atom stereocenters. The van der Waals surface area contributed by atoms with Crippen molar-refractivity contribution in [3.05, 3.63) is 5.32 Å². The minimum atomic E-state index is 0. The van der Waals surface area contributed by atoms with Crippen LogP contribution in [-0.2, 0) is 21.7 Å². The molecule has 0 spiro atoms. The first-order valence-electron chi connectivity index (χ1n) is 3.45. The molecule has 12 heavy (non-hydrogen) atoms. The SMILES string of the molecule is CC(C)(C)[N-]C(C)(C)C.Cl.Cl.[Ti]. The molecule has 0 heterocycles. The van der Waals surface area contributed by atoms with Gasteiger partial charge in [0.05, 0.1) is 0 Å². The summed E-state index contributed by atoms with van der Waals surface area (Å²) in [5, 5.41) is 4.54. The van der Waals surface area contributed by atoms with Gasteiger partial charge in [-0.3, -0.25) is 0 Å². The van der Waals surface area contributed by atoms with Gasteiger partial charge in [-0.25, -0.2) is 0 Å². The third kappa shape index (κ3) is 22.5. The molecule has 1 nitrogen and oxygen atoms in total. The van der Waals surface area contributed by atoms with Gasteiger partial charge in [-0.2, -0.15) is 0 Å². The Morgan fingerprint density at radius 2 is 0.833 bits per heavy atom. The van der Waals surface area contributed by atoms with Crippen LogP contribution in [0.4, 0.5) is 0 Å². The van der Waals surface area contributed by atoms with E-state index in [9.17, 15) is 0 Å². The fourth-order valence-electron chi connectivity index (χ4n) is 1.01. The monoisotopic (exact) mass is 248 g/mol. The van der Waals surface area contributed by atoms with E-state index in [-0.39, 0.29) is 57.6 Å². The fraction of sp³-hybridized carbons (Fsp3) is 1.00. The molecule has 0 aromatic heterocycles. The van der Waals surface area contributed by atoms with Crippen LogP contribution in [0.5, 0.6) is 0 Å². The molecule has 0 aliphatic rings. The van der Waals surface area contributed by atoms with E-state index in [1.807, 2.05) is 0 Å². The zero-order valence-electron chi connectivity index (χ0n) is 8.76. The molecule has 0 aromatic rings. The summed E-state index contributed by atoms with van der Waals surface area (Å²) in [6, 6.07) is 0. The van der Waals surface area contributed by atoms with Gasteiger partial charge in [0.2, 0.25) is 0 Å². The van der Waals surface area contributed by atoms with Gasteiger partial charge in [-0.1, -0.05) is 41.5 Å². The van der Waals surface area contributed by atoms with Crippen LogP contribution >= 0.6 is 24.8 Å². The molecule has 0 rings (SSSR count). The average Bonchev–Trinajstić information content (AvgIpc) is 1.14. The summed E-state index contributed by atoms with van der Waals surface area (Å²) >= 11 is 0. The van der Waals surface area contributed by atoms with E-state index in [0.29, 0.717) is 0 Å². The molecule has 0 bridgehead atoms. The molecule has 0 N–H and O–H groups in total. The molecule has 76 valence electrons. The summed E-state index contributed by atoms with van der Waals surface area (Å²) in [6.07, 6.45) is 0. The fourth-order valence-corrected chi connectivity index (χ4v) is 1.01. The van der Waals surface area contributed by atoms with Gasteiger partial charge in [0.25, 0.3) is 0 Å². The minimum absolute atomic E-state index is 0. The third-order valence-electron chi connectivity index (χ3n) is 0.671. The summed E-state index contributed by atoms with van der Waals surface area (Å²) in [7, 11) is 0. The molecule has 0 radical (unpaired) electrons. The largest absolute Gasteiger partial charge is 0.653 e. The van der Waals surface area contributed by atoms with E-state index in [0.717, 1.165) is 0 Å². The van der Waals surface area contributed by atoms with Gasteiger partial charge < -0.3 is 5.32 Å². The van der Waals surface area contributed by atoms with Crippen LogP contribution in [0.1, 0.15) is 41.5 Å².